The maximum Gasteiger partial charge on any atom is 0.136 e. The van der Waals surface area contributed by atoms with Gasteiger partial charge in [-0.15, -0.1) is 0 Å². The third kappa shape index (κ3) is 3.71. The number of benzene rings is 2. The van der Waals surface area contributed by atoms with Gasteiger partial charge in [-0.05, 0) is 30.7 Å². The van der Waals surface area contributed by atoms with Crippen LogP contribution in [0.5, 0.6) is 0 Å². The number of aromatic nitrogens is 2. The predicted molar refractivity (Wildman–Crippen MR) is 96.2 cm³/mol. The highest BCUT2D eigenvalue weighted by Gasteiger charge is 2.17. The Labute approximate surface area is 147 Å². The minimum Gasteiger partial charge on any atom is -0.382 e. The van der Waals surface area contributed by atoms with Crippen LogP contribution in [0.15, 0.2) is 48.5 Å². The molecule has 0 aliphatic heterocycles. The second-order valence-electron chi connectivity index (χ2n) is 5.85. The van der Waals surface area contributed by atoms with E-state index in [9.17, 15) is 5.26 Å². The molecule has 128 valence electrons. The molecule has 25 heavy (non-hydrogen) atoms. The molecule has 1 atom stereocenters. The molecule has 0 amide bonds. The number of hydrogen-bond acceptors (Lipinski definition) is 4. The lowest BCUT2D eigenvalue weighted by Crippen LogP contribution is -2.13. The Balaban J connectivity index is 2.03. The summed E-state index contributed by atoms with van der Waals surface area (Å²) in [5.41, 5.74) is 3.62. The highest BCUT2D eigenvalue weighted by Crippen LogP contribution is 2.27. The summed E-state index contributed by atoms with van der Waals surface area (Å²) in [7, 11) is 1.65. The zero-order valence-corrected chi connectivity index (χ0v) is 14.5. The first-order valence-corrected chi connectivity index (χ1v) is 8.27. The van der Waals surface area contributed by atoms with Crippen LogP contribution in [0.1, 0.15) is 29.9 Å². The molecule has 1 heterocycles. The van der Waals surface area contributed by atoms with Crippen molar-refractivity contribution in [2.45, 2.75) is 19.6 Å². The molecule has 2 aromatic carbocycles. The van der Waals surface area contributed by atoms with Gasteiger partial charge < -0.3 is 14.0 Å². The maximum atomic E-state index is 9.23. The Morgan fingerprint density at radius 1 is 1.16 bits per heavy atom. The Morgan fingerprint density at radius 2 is 1.96 bits per heavy atom. The summed E-state index contributed by atoms with van der Waals surface area (Å²) in [6.45, 7) is 3.60. The summed E-state index contributed by atoms with van der Waals surface area (Å²) in [6, 6.07) is 18.1. The fraction of sp³-hybridized carbons (Fsp3) is 0.300. The van der Waals surface area contributed by atoms with Crippen LogP contribution < -0.4 is 0 Å². The fourth-order valence-electron chi connectivity index (χ4n) is 2.93. The summed E-state index contributed by atoms with van der Waals surface area (Å²) in [5, 5.41) is 9.23. The molecular weight excluding hydrogens is 314 g/mol. The van der Waals surface area contributed by atoms with Crippen LogP contribution in [0.3, 0.4) is 0 Å². The first-order valence-electron chi connectivity index (χ1n) is 8.27. The molecular formula is C20H21N3O2. The van der Waals surface area contributed by atoms with Gasteiger partial charge in [0, 0.05) is 7.11 Å². The van der Waals surface area contributed by atoms with E-state index in [1.54, 1.807) is 13.2 Å². The second kappa shape index (κ2) is 7.93. The highest BCUT2D eigenvalue weighted by atomic mass is 16.5. The minimum atomic E-state index is 0.0844. The van der Waals surface area contributed by atoms with Crippen molar-refractivity contribution in [1.82, 2.24) is 9.55 Å². The van der Waals surface area contributed by atoms with Gasteiger partial charge in [0.25, 0.3) is 0 Å². The number of ether oxygens (including phenoxy) is 2. The molecule has 1 aromatic heterocycles. The molecule has 0 spiro atoms. The minimum absolute atomic E-state index is 0.0844. The van der Waals surface area contributed by atoms with Crippen LogP contribution >= 0.6 is 0 Å². The number of rotatable bonds is 7. The van der Waals surface area contributed by atoms with Gasteiger partial charge in [0.15, 0.2) is 0 Å². The van der Waals surface area contributed by atoms with Gasteiger partial charge in [-0.25, -0.2) is 4.98 Å². The van der Waals surface area contributed by atoms with E-state index >= 15 is 0 Å². The molecule has 5 heteroatoms. The molecule has 0 bridgehead atoms. The highest BCUT2D eigenvalue weighted by molar-refractivity contribution is 5.78. The van der Waals surface area contributed by atoms with E-state index in [4.69, 9.17) is 14.5 Å². The van der Waals surface area contributed by atoms with Crippen LogP contribution in [0.2, 0.25) is 0 Å². The van der Waals surface area contributed by atoms with Gasteiger partial charge in [-0.1, -0.05) is 30.3 Å². The zero-order valence-electron chi connectivity index (χ0n) is 14.5. The van der Waals surface area contributed by atoms with E-state index in [-0.39, 0.29) is 6.04 Å². The van der Waals surface area contributed by atoms with Crippen LogP contribution in [0.25, 0.3) is 11.0 Å². The summed E-state index contributed by atoms with van der Waals surface area (Å²) in [4.78, 5) is 4.72. The van der Waals surface area contributed by atoms with Crippen molar-refractivity contribution in [3.05, 3.63) is 65.5 Å². The molecule has 0 radical (unpaired) electrons. The van der Waals surface area contributed by atoms with Crippen LogP contribution in [-0.4, -0.2) is 29.9 Å². The molecule has 0 aliphatic rings. The van der Waals surface area contributed by atoms with Gasteiger partial charge >= 0.3 is 0 Å². The molecule has 3 rings (SSSR count). The van der Waals surface area contributed by atoms with Crippen molar-refractivity contribution >= 4 is 11.0 Å². The van der Waals surface area contributed by atoms with Crippen LogP contribution in [0.4, 0.5) is 0 Å². The van der Waals surface area contributed by atoms with Gasteiger partial charge in [-0.2, -0.15) is 5.26 Å². The van der Waals surface area contributed by atoms with Crippen molar-refractivity contribution in [1.29, 1.82) is 5.26 Å². The molecule has 0 fully saturated rings. The third-order valence-electron chi connectivity index (χ3n) is 4.22. The number of methoxy groups -OCH3 is 1. The fourth-order valence-corrected chi connectivity index (χ4v) is 2.93. The Bertz CT molecular complexity index is 881. The van der Waals surface area contributed by atoms with Gasteiger partial charge in [0.05, 0.1) is 41.9 Å². The average Bonchev–Trinajstić information content (AvgIpc) is 3.02. The van der Waals surface area contributed by atoms with Gasteiger partial charge in [0.2, 0.25) is 0 Å². The number of nitriles is 1. The first kappa shape index (κ1) is 17.2. The molecule has 0 N–H and O–H groups in total. The van der Waals surface area contributed by atoms with E-state index in [1.165, 1.54) is 5.56 Å². The molecule has 0 saturated carbocycles. The van der Waals surface area contributed by atoms with E-state index < -0.39 is 0 Å². The normalized spacial score (nSPS) is 12.2. The quantitative estimate of drug-likeness (QED) is 0.618. The molecule has 3 aromatic rings. The van der Waals surface area contributed by atoms with E-state index in [1.807, 2.05) is 30.3 Å². The summed E-state index contributed by atoms with van der Waals surface area (Å²) in [5.74, 6) is 0.845. The maximum absolute atomic E-state index is 9.23. The standard InChI is InChI=1S/C20H21N3O2/c1-15(17-6-4-3-5-7-17)23-19-12-16(13-21)8-9-18(19)22-20(23)14-25-11-10-24-2/h3-9,12,15H,10-11,14H2,1-2H3/t15-/m0/s1. The molecule has 0 unspecified atom stereocenters. The SMILES string of the molecule is COCCOCc1nc2ccc(C#N)cc2n1[C@@H](C)c1ccccc1. The van der Waals surface area contributed by atoms with Crippen molar-refractivity contribution < 1.29 is 9.47 Å². The molecule has 5 nitrogen and oxygen atoms in total. The second-order valence-corrected chi connectivity index (χ2v) is 5.85. The molecule has 0 aliphatic carbocycles. The topological polar surface area (TPSA) is 60.1 Å². The van der Waals surface area contributed by atoms with Crippen molar-refractivity contribution in [2.75, 3.05) is 20.3 Å². The zero-order chi connectivity index (χ0) is 17.6. The Hall–Kier alpha value is -2.68. The lowest BCUT2D eigenvalue weighted by molar-refractivity contribution is 0.0573. The average molecular weight is 335 g/mol. The van der Waals surface area contributed by atoms with Crippen LogP contribution in [0, 0.1) is 11.3 Å². The smallest absolute Gasteiger partial charge is 0.136 e. The Morgan fingerprint density at radius 3 is 2.68 bits per heavy atom. The van der Waals surface area contributed by atoms with Crippen molar-refractivity contribution in [3.8, 4) is 6.07 Å². The third-order valence-corrected chi connectivity index (χ3v) is 4.22. The van der Waals surface area contributed by atoms with Crippen molar-refractivity contribution in [3.63, 3.8) is 0 Å². The predicted octanol–water partition coefficient (Wildman–Crippen LogP) is 3.68. The first-order chi connectivity index (χ1) is 12.2. The van der Waals surface area contributed by atoms with Gasteiger partial charge in [0.1, 0.15) is 12.4 Å². The van der Waals surface area contributed by atoms with Crippen molar-refractivity contribution in [2.24, 2.45) is 0 Å². The lowest BCUT2D eigenvalue weighted by Gasteiger charge is -2.18. The summed E-state index contributed by atoms with van der Waals surface area (Å²) in [6.07, 6.45) is 0. The summed E-state index contributed by atoms with van der Waals surface area (Å²) < 4.78 is 12.9. The number of fused-ring (bicyclic) bond motifs is 1. The lowest BCUT2D eigenvalue weighted by atomic mass is 10.1. The van der Waals surface area contributed by atoms with Gasteiger partial charge in [-0.3, -0.25) is 0 Å². The number of nitrogens with zero attached hydrogens (tertiary/aromatic N) is 3. The van der Waals surface area contributed by atoms with Crippen LogP contribution in [-0.2, 0) is 16.1 Å². The van der Waals surface area contributed by atoms with E-state index in [0.717, 1.165) is 16.9 Å². The van der Waals surface area contributed by atoms with E-state index in [0.29, 0.717) is 25.4 Å². The monoisotopic (exact) mass is 335 g/mol. The molecule has 0 saturated heterocycles. The largest absolute Gasteiger partial charge is 0.382 e. The summed E-state index contributed by atoms with van der Waals surface area (Å²) >= 11 is 0. The Kier molecular flexibility index (Phi) is 5.44. The number of imidazole rings is 1. The number of hydrogen-bond donors (Lipinski definition) is 0. The van der Waals surface area contributed by atoms with E-state index in [2.05, 4.69) is 29.7 Å².